The van der Waals surface area contributed by atoms with E-state index in [9.17, 15) is 24.0 Å². The van der Waals surface area contributed by atoms with Crippen LogP contribution in [0.4, 0.5) is 5.82 Å². The highest BCUT2D eigenvalue weighted by atomic mass is 35.5. The molecule has 1 aliphatic heterocycles. The van der Waals surface area contributed by atoms with Gasteiger partial charge in [-0.1, -0.05) is 53.3 Å². The first-order chi connectivity index (χ1) is 14.0. The van der Waals surface area contributed by atoms with Gasteiger partial charge in [0.1, 0.15) is 11.4 Å². The molecule has 2 heterocycles. The number of carbonyl (C=O) groups is 3. The van der Waals surface area contributed by atoms with E-state index in [-0.39, 0.29) is 43.6 Å². The summed E-state index contributed by atoms with van der Waals surface area (Å²) in [6.45, 7) is 1.07. The topological polar surface area (TPSA) is 135 Å². The number of amides is 2. The molecule has 0 saturated heterocycles. The molecule has 3 rings (SSSR count). The molecule has 0 radical (unpaired) electrons. The first-order valence-electron chi connectivity index (χ1n) is 8.40. The quantitative estimate of drug-likeness (QED) is 0.284. The maximum Gasteiger partial charge on any atom is 0.329 e. The van der Waals surface area contributed by atoms with Crippen LogP contribution >= 0.6 is 46.4 Å². The van der Waals surface area contributed by atoms with Gasteiger partial charge in [-0.15, -0.1) is 0 Å². The van der Waals surface area contributed by atoms with E-state index in [4.69, 9.17) is 52.1 Å². The van der Waals surface area contributed by atoms with Crippen LogP contribution in [0.3, 0.4) is 0 Å². The monoisotopic (exact) mass is 492 g/mol. The van der Waals surface area contributed by atoms with Crippen molar-refractivity contribution in [2.24, 2.45) is 0 Å². The summed E-state index contributed by atoms with van der Waals surface area (Å²) < 4.78 is 1.02. The van der Waals surface area contributed by atoms with Gasteiger partial charge in [0.2, 0.25) is 0 Å². The van der Waals surface area contributed by atoms with Gasteiger partial charge in [0, 0.05) is 6.54 Å². The molecule has 0 atom stereocenters. The SMILES string of the molecule is CCCn1c(N)c(C(=O)CN2C(=O)c3c(Cl)c(Cl)c(Cl)c(Cl)c3C2=O)c(=O)[nH]c1=O. The van der Waals surface area contributed by atoms with Crippen molar-refractivity contribution in [2.45, 2.75) is 19.9 Å². The summed E-state index contributed by atoms with van der Waals surface area (Å²) in [5.41, 5.74) is 2.89. The summed E-state index contributed by atoms with van der Waals surface area (Å²) in [5, 5.41) is -1.01. The van der Waals surface area contributed by atoms with Crippen molar-refractivity contribution in [3.8, 4) is 0 Å². The zero-order valence-electron chi connectivity index (χ0n) is 15.1. The van der Waals surface area contributed by atoms with E-state index >= 15 is 0 Å². The lowest BCUT2D eigenvalue weighted by Crippen LogP contribution is -2.40. The lowest BCUT2D eigenvalue weighted by Gasteiger charge is -2.15. The Morgan fingerprint density at radius 3 is 1.90 bits per heavy atom. The van der Waals surface area contributed by atoms with Crippen LogP contribution in [0.15, 0.2) is 9.59 Å². The molecule has 2 aromatic rings. The number of anilines is 1. The first-order valence-corrected chi connectivity index (χ1v) is 9.91. The molecule has 1 aromatic heterocycles. The highest BCUT2D eigenvalue weighted by Crippen LogP contribution is 2.44. The number of aromatic nitrogens is 2. The average molecular weight is 494 g/mol. The van der Waals surface area contributed by atoms with Gasteiger partial charge in [0.15, 0.2) is 5.78 Å². The zero-order valence-corrected chi connectivity index (χ0v) is 18.2. The van der Waals surface area contributed by atoms with Gasteiger partial charge in [-0.05, 0) is 6.42 Å². The second kappa shape index (κ2) is 8.07. The summed E-state index contributed by atoms with van der Waals surface area (Å²) in [6.07, 6.45) is 0.501. The Labute approximate surface area is 188 Å². The largest absolute Gasteiger partial charge is 0.384 e. The molecule has 0 spiro atoms. The number of benzene rings is 1. The van der Waals surface area contributed by atoms with E-state index in [1.807, 2.05) is 4.98 Å². The number of hydrogen-bond acceptors (Lipinski definition) is 6. The van der Waals surface area contributed by atoms with Crippen LogP contribution in [0, 0.1) is 0 Å². The molecule has 3 N–H and O–H groups in total. The maximum atomic E-state index is 12.8. The number of nitrogens with zero attached hydrogens (tertiary/aromatic N) is 2. The number of rotatable bonds is 5. The molecule has 1 aromatic carbocycles. The maximum absolute atomic E-state index is 12.8. The number of nitrogen functional groups attached to an aromatic ring is 1. The number of halogens is 4. The van der Waals surface area contributed by atoms with Crippen molar-refractivity contribution < 1.29 is 14.4 Å². The van der Waals surface area contributed by atoms with Gasteiger partial charge in [0.25, 0.3) is 17.4 Å². The highest BCUT2D eigenvalue weighted by Gasteiger charge is 2.42. The standard InChI is InChI=1S/C17H12Cl4N4O5/c1-2-3-24-13(22)6(14(27)23-17(24)30)5(26)4-25-15(28)7-8(16(25)29)10(19)12(21)11(20)9(7)18/h2-4,22H2,1H3,(H,23,27,30). The second-order valence-corrected chi connectivity index (χ2v) is 7.81. The Balaban J connectivity index is 2.05. The second-order valence-electron chi connectivity index (χ2n) is 6.30. The van der Waals surface area contributed by atoms with Gasteiger partial charge in [0.05, 0.1) is 37.8 Å². The van der Waals surface area contributed by atoms with E-state index in [1.54, 1.807) is 6.92 Å². The van der Waals surface area contributed by atoms with Crippen LogP contribution in [-0.4, -0.2) is 38.6 Å². The van der Waals surface area contributed by atoms with E-state index in [2.05, 4.69) is 0 Å². The Hall–Kier alpha value is -2.33. The lowest BCUT2D eigenvalue weighted by molar-refractivity contribution is 0.0624. The summed E-state index contributed by atoms with van der Waals surface area (Å²) in [7, 11) is 0. The highest BCUT2D eigenvalue weighted by molar-refractivity contribution is 6.55. The van der Waals surface area contributed by atoms with Crippen molar-refractivity contribution in [1.82, 2.24) is 14.5 Å². The Bertz CT molecular complexity index is 1200. The van der Waals surface area contributed by atoms with E-state index < -0.39 is 41.0 Å². The van der Waals surface area contributed by atoms with Crippen LogP contribution in [0.5, 0.6) is 0 Å². The predicted molar refractivity (Wildman–Crippen MR) is 112 cm³/mol. The Morgan fingerprint density at radius 1 is 0.933 bits per heavy atom. The third-order valence-electron chi connectivity index (χ3n) is 4.45. The molecule has 0 aliphatic carbocycles. The van der Waals surface area contributed by atoms with Gasteiger partial charge >= 0.3 is 5.69 Å². The van der Waals surface area contributed by atoms with Gasteiger partial charge < -0.3 is 5.73 Å². The van der Waals surface area contributed by atoms with E-state index in [1.165, 1.54) is 0 Å². The number of Topliss-reactive ketones (excluding diaryl/α,β-unsaturated/α-hetero) is 1. The molecule has 0 unspecified atom stereocenters. The lowest BCUT2D eigenvalue weighted by atomic mass is 10.1. The number of nitrogens with two attached hydrogens (primary N) is 1. The molecule has 13 heteroatoms. The van der Waals surface area contributed by atoms with Gasteiger partial charge in [-0.2, -0.15) is 0 Å². The number of H-pyrrole nitrogens is 1. The fourth-order valence-corrected chi connectivity index (χ4v) is 4.08. The van der Waals surface area contributed by atoms with Crippen molar-refractivity contribution in [1.29, 1.82) is 0 Å². The van der Waals surface area contributed by atoms with Crippen LogP contribution in [0.2, 0.25) is 20.1 Å². The number of carbonyl (C=O) groups excluding carboxylic acids is 3. The van der Waals surface area contributed by atoms with Crippen molar-refractivity contribution in [3.05, 3.63) is 57.6 Å². The number of nitrogens with one attached hydrogen (secondary N) is 1. The number of imide groups is 1. The van der Waals surface area contributed by atoms with Crippen LogP contribution in [-0.2, 0) is 6.54 Å². The van der Waals surface area contributed by atoms with E-state index in [0.717, 1.165) is 4.57 Å². The number of aromatic amines is 1. The molecule has 0 fully saturated rings. The Kier molecular flexibility index (Phi) is 6.01. The minimum atomic E-state index is -1.03. The van der Waals surface area contributed by atoms with Crippen molar-refractivity contribution in [3.63, 3.8) is 0 Å². The van der Waals surface area contributed by atoms with Crippen LogP contribution in [0.25, 0.3) is 0 Å². The van der Waals surface area contributed by atoms with E-state index in [0.29, 0.717) is 11.3 Å². The molecular weight excluding hydrogens is 482 g/mol. The average Bonchev–Trinajstić information content (AvgIpc) is 2.92. The smallest absolute Gasteiger partial charge is 0.329 e. The molecule has 9 nitrogen and oxygen atoms in total. The fraction of sp³-hybridized carbons (Fsp3) is 0.235. The summed E-state index contributed by atoms with van der Waals surface area (Å²) in [5.74, 6) is -3.21. The van der Waals surface area contributed by atoms with Crippen molar-refractivity contribution >= 4 is 69.8 Å². The van der Waals surface area contributed by atoms with Crippen LogP contribution in [0.1, 0.15) is 44.4 Å². The summed E-state index contributed by atoms with van der Waals surface area (Å²) in [6, 6.07) is 0. The normalized spacial score (nSPS) is 13.2. The number of hydrogen-bond donors (Lipinski definition) is 2. The summed E-state index contributed by atoms with van der Waals surface area (Å²) in [4.78, 5) is 64.9. The first kappa shape index (κ1) is 22.4. The number of fused-ring (bicyclic) bond motifs is 1. The third-order valence-corrected chi connectivity index (χ3v) is 6.25. The minimum absolute atomic E-state index is 0.150. The molecule has 158 valence electrons. The molecule has 2 amide bonds. The molecular formula is C17H12Cl4N4O5. The van der Waals surface area contributed by atoms with Gasteiger partial charge in [-0.25, -0.2) is 4.79 Å². The zero-order chi connectivity index (χ0) is 22.5. The predicted octanol–water partition coefficient (Wildman–Crippen LogP) is 2.62. The van der Waals surface area contributed by atoms with Gasteiger partial charge in [-0.3, -0.25) is 33.6 Å². The summed E-state index contributed by atoms with van der Waals surface area (Å²) >= 11 is 24.0. The minimum Gasteiger partial charge on any atom is -0.384 e. The number of ketones is 1. The van der Waals surface area contributed by atoms with Crippen molar-refractivity contribution in [2.75, 3.05) is 12.3 Å². The third kappa shape index (κ3) is 3.31. The molecule has 30 heavy (non-hydrogen) atoms. The molecule has 1 aliphatic rings. The molecule has 0 bridgehead atoms. The Morgan fingerprint density at radius 2 is 1.43 bits per heavy atom. The van der Waals surface area contributed by atoms with Crippen LogP contribution < -0.4 is 17.0 Å². The fourth-order valence-electron chi connectivity index (χ4n) is 3.06. The molecule has 0 saturated carbocycles.